The lowest BCUT2D eigenvalue weighted by Gasteiger charge is -2.02. The van der Waals surface area contributed by atoms with Gasteiger partial charge in [0.2, 0.25) is 0 Å². The van der Waals surface area contributed by atoms with Crippen molar-refractivity contribution in [1.29, 1.82) is 0 Å². The Morgan fingerprint density at radius 1 is 1.22 bits per heavy atom. The van der Waals surface area contributed by atoms with Gasteiger partial charge < -0.3 is 5.73 Å². The van der Waals surface area contributed by atoms with Crippen molar-refractivity contribution in [2.75, 3.05) is 0 Å². The number of hydrogen-bond acceptors (Lipinski definition) is 3. The molecule has 0 radical (unpaired) electrons. The average molecular weight is 259 g/mol. The standard InChI is InChI=1S/C13H11ClN4/c14-11-5-2-1-4-9(11)12-10(8-15)13-16-6-3-7-18(13)17-12/h1-7H,8,15H2. The molecule has 5 heteroatoms. The van der Waals surface area contributed by atoms with Crippen LogP contribution in [0.3, 0.4) is 0 Å². The number of nitrogens with zero attached hydrogens (tertiary/aromatic N) is 3. The second kappa shape index (κ2) is 4.40. The average Bonchev–Trinajstić information content (AvgIpc) is 2.77. The highest BCUT2D eigenvalue weighted by Crippen LogP contribution is 2.30. The third-order valence-electron chi connectivity index (χ3n) is 2.82. The Balaban J connectivity index is 2.32. The lowest BCUT2D eigenvalue weighted by Crippen LogP contribution is -1.98. The third-order valence-corrected chi connectivity index (χ3v) is 3.15. The van der Waals surface area contributed by atoms with Gasteiger partial charge in [0, 0.05) is 30.1 Å². The van der Waals surface area contributed by atoms with Crippen molar-refractivity contribution in [3.8, 4) is 11.3 Å². The number of hydrogen-bond donors (Lipinski definition) is 1. The minimum Gasteiger partial charge on any atom is -0.326 e. The summed E-state index contributed by atoms with van der Waals surface area (Å²) in [6.07, 6.45) is 3.58. The van der Waals surface area contributed by atoms with Gasteiger partial charge in [0.1, 0.15) is 5.69 Å². The number of halogens is 1. The minimum absolute atomic E-state index is 0.376. The molecular weight excluding hydrogens is 248 g/mol. The van der Waals surface area contributed by atoms with Crippen molar-refractivity contribution < 1.29 is 0 Å². The van der Waals surface area contributed by atoms with Crippen LogP contribution in [0.2, 0.25) is 5.02 Å². The third kappa shape index (κ3) is 1.66. The van der Waals surface area contributed by atoms with Crippen LogP contribution in [0.1, 0.15) is 5.56 Å². The van der Waals surface area contributed by atoms with Crippen molar-refractivity contribution in [2.45, 2.75) is 6.54 Å². The van der Waals surface area contributed by atoms with Crippen molar-refractivity contribution >= 4 is 17.2 Å². The van der Waals surface area contributed by atoms with Gasteiger partial charge in [-0.25, -0.2) is 9.50 Å². The monoisotopic (exact) mass is 258 g/mol. The van der Waals surface area contributed by atoms with E-state index in [0.717, 1.165) is 22.5 Å². The van der Waals surface area contributed by atoms with Gasteiger partial charge in [0.25, 0.3) is 0 Å². The van der Waals surface area contributed by atoms with Crippen molar-refractivity contribution in [3.05, 3.63) is 53.3 Å². The van der Waals surface area contributed by atoms with E-state index in [9.17, 15) is 0 Å². The predicted octanol–water partition coefficient (Wildman–Crippen LogP) is 2.51. The van der Waals surface area contributed by atoms with Crippen LogP contribution in [0.5, 0.6) is 0 Å². The van der Waals surface area contributed by atoms with Crippen molar-refractivity contribution in [3.63, 3.8) is 0 Å². The van der Waals surface area contributed by atoms with Crippen LogP contribution in [0.4, 0.5) is 0 Å². The molecule has 2 N–H and O–H groups in total. The first kappa shape index (κ1) is 11.2. The quantitative estimate of drug-likeness (QED) is 0.768. The molecule has 0 aliphatic carbocycles. The van der Waals surface area contributed by atoms with Crippen molar-refractivity contribution in [2.24, 2.45) is 5.73 Å². The summed E-state index contributed by atoms with van der Waals surface area (Å²) in [5.74, 6) is 0. The van der Waals surface area contributed by atoms with Crippen LogP contribution in [0.25, 0.3) is 16.9 Å². The summed E-state index contributed by atoms with van der Waals surface area (Å²) in [6.45, 7) is 0.376. The Hall–Kier alpha value is -1.91. The Morgan fingerprint density at radius 2 is 2.06 bits per heavy atom. The van der Waals surface area contributed by atoms with E-state index in [0.29, 0.717) is 11.6 Å². The lowest BCUT2D eigenvalue weighted by atomic mass is 10.1. The van der Waals surface area contributed by atoms with E-state index in [4.69, 9.17) is 17.3 Å². The fourth-order valence-electron chi connectivity index (χ4n) is 1.99. The lowest BCUT2D eigenvalue weighted by molar-refractivity contribution is 0.942. The molecule has 0 aliphatic heterocycles. The fourth-order valence-corrected chi connectivity index (χ4v) is 2.22. The van der Waals surface area contributed by atoms with E-state index >= 15 is 0 Å². The second-order valence-corrected chi connectivity index (χ2v) is 4.31. The smallest absolute Gasteiger partial charge is 0.160 e. The first-order chi connectivity index (χ1) is 8.81. The normalized spacial score (nSPS) is 11.0. The predicted molar refractivity (Wildman–Crippen MR) is 71.3 cm³/mol. The zero-order chi connectivity index (χ0) is 12.5. The summed E-state index contributed by atoms with van der Waals surface area (Å²) in [6, 6.07) is 9.43. The van der Waals surface area contributed by atoms with E-state index < -0.39 is 0 Å². The largest absolute Gasteiger partial charge is 0.326 e. The highest BCUT2D eigenvalue weighted by molar-refractivity contribution is 6.33. The van der Waals surface area contributed by atoms with E-state index in [1.165, 1.54) is 0 Å². The highest BCUT2D eigenvalue weighted by atomic mass is 35.5. The van der Waals surface area contributed by atoms with Crippen LogP contribution in [0.15, 0.2) is 42.7 Å². The van der Waals surface area contributed by atoms with Gasteiger partial charge in [-0.15, -0.1) is 0 Å². The summed E-state index contributed by atoms with van der Waals surface area (Å²) < 4.78 is 1.72. The summed E-state index contributed by atoms with van der Waals surface area (Å²) in [5.41, 5.74) is 9.16. The van der Waals surface area contributed by atoms with E-state index in [-0.39, 0.29) is 0 Å². The Kier molecular flexibility index (Phi) is 2.74. The maximum Gasteiger partial charge on any atom is 0.160 e. The molecule has 2 aromatic heterocycles. The molecule has 0 aliphatic rings. The fraction of sp³-hybridized carbons (Fsp3) is 0.0769. The Morgan fingerprint density at radius 3 is 2.83 bits per heavy atom. The topological polar surface area (TPSA) is 56.2 Å². The maximum absolute atomic E-state index is 6.20. The van der Waals surface area contributed by atoms with Crippen molar-refractivity contribution in [1.82, 2.24) is 14.6 Å². The van der Waals surface area contributed by atoms with Crippen LogP contribution in [-0.2, 0) is 6.54 Å². The van der Waals surface area contributed by atoms with E-state index in [2.05, 4.69) is 10.1 Å². The molecule has 0 atom stereocenters. The maximum atomic E-state index is 6.20. The van der Waals surface area contributed by atoms with Gasteiger partial charge in [-0.3, -0.25) is 0 Å². The molecule has 3 aromatic rings. The number of nitrogens with two attached hydrogens (primary N) is 1. The van der Waals surface area contributed by atoms with Crippen LogP contribution in [0, 0.1) is 0 Å². The Bertz CT molecular complexity index is 705. The molecule has 90 valence electrons. The molecular formula is C13H11ClN4. The minimum atomic E-state index is 0.376. The highest BCUT2D eigenvalue weighted by Gasteiger charge is 2.15. The van der Waals surface area contributed by atoms with E-state index in [1.54, 1.807) is 10.7 Å². The van der Waals surface area contributed by atoms with Gasteiger partial charge in [0.15, 0.2) is 5.65 Å². The summed E-state index contributed by atoms with van der Waals surface area (Å²) in [5, 5.41) is 5.17. The number of rotatable bonds is 2. The summed E-state index contributed by atoms with van der Waals surface area (Å²) in [7, 11) is 0. The van der Waals surface area contributed by atoms with Gasteiger partial charge in [-0.1, -0.05) is 29.8 Å². The van der Waals surface area contributed by atoms with Crippen LogP contribution < -0.4 is 5.73 Å². The molecule has 0 amide bonds. The molecule has 2 heterocycles. The van der Waals surface area contributed by atoms with Gasteiger partial charge in [0.05, 0.1) is 5.02 Å². The number of benzene rings is 1. The zero-order valence-corrected chi connectivity index (χ0v) is 10.3. The number of fused-ring (bicyclic) bond motifs is 1. The number of aromatic nitrogens is 3. The molecule has 4 nitrogen and oxygen atoms in total. The molecule has 1 aromatic carbocycles. The summed E-state index contributed by atoms with van der Waals surface area (Å²) in [4.78, 5) is 4.31. The molecule has 0 bridgehead atoms. The van der Waals surface area contributed by atoms with Gasteiger partial charge in [-0.05, 0) is 12.1 Å². The molecule has 3 rings (SSSR count). The Labute approximate surface area is 109 Å². The second-order valence-electron chi connectivity index (χ2n) is 3.90. The summed E-state index contributed by atoms with van der Waals surface area (Å²) >= 11 is 6.20. The van der Waals surface area contributed by atoms with Gasteiger partial charge in [-0.2, -0.15) is 5.10 Å². The first-order valence-corrected chi connectivity index (χ1v) is 5.96. The molecule has 0 spiro atoms. The molecule has 0 saturated carbocycles. The van der Waals surface area contributed by atoms with E-state index in [1.807, 2.05) is 36.5 Å². The molecule has 0 unspecified atom stereocenters. The SMILES string of the molecule is NCc1c(-c2ccccc2Cl)nn2cccnc12. The first-order valence-electron chi connectivity index (χ1n) is 5.58. The van der Waals surface area contributed by atoms with Crippen LogP contribution in [-0.4, -0.2) is 14.6 Å². The molecule has 0 fully saturated rings. The molecule has 0 saturated heterocycles. The zero-order valence-electron chi connectivity index (χ0n) is 9.55. The van der Waals surface area contributed by atoms with Crippen LogP contribution >= 0.6 is 11.6 Å². The molecule has 18 heavy (non-hydrogen) atoms. The van der Waals surface area contributed by atoms with Gasteiger partial charge >= 0.3 is 0 Å².